The molecule has 2 N–H and O–H groups in total. The first-order valence-corrected chi connectivity index (χ1v) is 7.48. The fourth-order valence-corrected chi connectivity index (χ4v) is 3.03. The highest BCUT2D eigenvalue weighted by molar-refractivity contribution is 9.10. The molecule has 3 nitrogen and oxygen atoms in total. The van der Waals surface area contributed by atoms with Gasteiger partial charge in [0.2, 0.25) is 0 Å². The summed E-state index contributed by atoms with van der Waals surface area (Å²) in [6, 6.07) is 2.00. The van der Waals surface area contributed by atoms with Crippen molar-refractivity contribution in [2.45, 2.75) is 45.6 Å². The van der Waals surface area contributed by atoms with Crippen LogP contribution >= 0.6 is 15.9 Å². The van der Waals surface area contributed by atoms with Gasteiger partial charge in [-0.2, -0.15) is 0 Å². The molecule has 0 atom stereocenters. The van der Waals surface area contributed by atoms with Gasteiger partial charge in [-0.25, -0.2) is 0 Å². The number of hydrogen-bond donors (Lipinski definition) is 1. The van der Waals surface area contributed by atoms with E-state index in [2.05, 4.69) is 29.8 Å². The molecule has 1 aromatic rings. The second kappa shape index (κ2) is 5.33. The van der Waals surface area contributed by atoms with Gasteiger partial charge < -0.3 is 15.2 Å². The second-order valence-electron chi connectivity index (χ2n) is 6.09. The predicted molar refractivity (Wildman–Crippen MR) is 81.2 cm³/mol. The molecule has 0 aliphatic carbocycles. The zero-order valence-electron chi connectivity index (χ0n) is 12.0. The molecular formula is C15H22BrNO2. The fourth-order valence-electron chi connectivity index (χ4n) is 2.46. The summed E-state index contributed by atoms with van der Waals surface area (Å²) >= 11 is 3.66. The Morgan fingerprint density at radius 3 is 2.53 bits per heavy atom. The van der Waals surface area contributed by atoms with Crippen LogP contribution in [0.15, 0.2) is 10.5 Å². The third-order valence-corrected chi connectivity index (χ3v) is 3.84. The van der Waals surface area contributed by atoms with Crippen molar-refractivity contribution in [3.05, 3.63) is 21.7 Å². The van der Waals surface area contributed by atoms with E-state index in [1.165, 1.54) is 11.1 Å². The van der Waals surface area contributed by atoms with Crippen molar-refractivity contribution >= 4 is 15.9 Å². The summed E-state index contributed by atoms with van der Waals surface area (Å²) in [6.45, 7) is 9.65. The van der Waals surface area contributed by atoms with Gasteiger partial charge in [0.05, 0.1) is 0 Å². The Balaban J connectivity index is 2.58. The Labute approximate surface area is 123 Å². The van der Waals surface area contributed by atoms with E-state index in [9.17, 15) is 0 Å². The van der Waals surface area contributed by atoms with Gasteiger partial charge in [-0.15, -0.1) is 0 Å². The van der Waals surface area contributed by atoms with Crippen molar-refractivity contribution in [2.75, 3.05) is 13.2 Å². The van der Waals surface area contributed by atoms with E-state index in [0.29, 0.717) is 19.1 Å². The molecule has 0 amide bonds. The van der Waals surface area contributed by atoms with Gasteiger partial charge in [0.25, 0.3) is 0 Å². The van der Waals surface area contributed by atoms with E-state index in [0.717, 1.165) is 22.4 Å². The molecular weight excluding hydrogens is 306 g/mol. The maximum Gasteiger partial charge on any atom is 0.165 e. The van der Waals surface area contributed by atoms with Gasteiger partial charge in [-0.1, -0.05) is 29.8 Å². The molecule has 19 heavy (non-hydrogen) atoms. The molecule has 4 heteroatoms. The number of benzene rings is 1. The number of halogens is 1. The molecule has 0 saturated heterocycles. The highest BCUT2D eigenvalue weighted by Crippen LogP contribution is 2.44. The van der Waals surface area contributed by atoms with Crippen molar-refractivity contribution in [1.82, 2.24) is 0 Å². The first-order valence-electron chi connectivity index (χ1n) is 6.69. The molecule has 0 radical (unpaired) electrons. The average molecular weight is 328 g/mol. The van der Waals surface area contributed by atoms with E-state index in [1.54, 1.807) is 0 Å². The highest BCUT2D eigenvalue weighted by Gasteiger charge is 2.26. The normalized spacial score (nSPS) is 14.9. The lowest BCUT2D eigenvalue weighted by molar-refractivity contribution is 0.169. The van der Waals surface area contributed by atoms with E-state index in [1.807, 2.05) is 19.9 Å². The van der Waals surface area contributed by atoms with Crippen molar-refractivity contribution < 1.29 is 9.47 Å². The zero-order chi connectivity index (χ0) is 14.2. The Bertz CT molecular complexity index is 478. The molecule has 0 fully saturated rings. The standard InChI is InChI=1S/C15H22BrNO2/c1-9(2)13-10(8-15(3,4)17)11(16)7-12-14(13)19-6-5-18-12/h7,9H,5-6,8,17H2,1-4H3. The van der Waals surface area contributed by atoms with Crippen LogP contribution in [0.5, 0.6) is 11.5 Å². The minimum absolute atomic E-state index is 0.254. The van der Waals surface area contributed by atoms with Crippen LogP contribution < -0.4 is 15.2 Å². The molecule has 106 valence electrons. The fraction of sp³-hybridized carbons (Fsp3) is 0.600. The summed E-state index contributed by atoms with van der Waals surface area (Å²) in [6.07, 6.45) is 0.803. The summed E-state index contributed by atoms with van der Waals surface area (Å²) in [5.74, 6) is 2.09. The quantitative estimate of drug-likeness (QED) is 0.922. The topological polar surface area (TPSA) is 44.5 Å². The summed E-state index contributed by atoms with van der Waals surface area (Å²) < 4.78 is 12.6. The van der Waals surface area contributed by atoms with Gasteiger partial charge in [0.1, 0.15) is 13.2 Å². The Morgan fingerprint density at radius 2 is 1.95 bits per heavy atom. The first-order chi connectivity index (χ1) is 8.79. The van der Waals surface area contributed by atoms with Gasteiger partial charge in [0.15, 0.2) is 11.5 Å². The van der Waals surface area contributed by atoms with Crippen molar-refractivity contribution in [1.29, 1.82) is 0 Å². The SMILES string of the molecule is CC(C)c1c(CC(C)(C)N)c(Br)cc2c1OCCO2. The molecule has 0 spiro atoms. The lowest BCUT2D eigenvalue weighted by Crippen LogP contribution is -2.35. The van der Waals surface area contributed by atoms with E-state index in [4.69, 9.17) is 15.2 Å². The van der Waals surface area contributed by atoms with Gasteiger partial charge in [0, 0.05) is 15.6 Å². The monoisotopic (exact) mass is 327 g/mol. The lowest BCUT2D eigenvalue weighted by Gasteiger charge is -2.28. The molecule has 0 saturated carbocycles. The van der Waals surface area contributed by atoms with Crippen LogP contribution in [0.4, 0.5) is 0 Å². The minimum atomic E-state index is -0.254. The molecule has 1 aliphatic rings. The number of hydrogen-bond acceptors (Lipinski definition) is 3. The predicted octanol–water partition coefficient (Wildman–Crippen LogP) is 3.62. The number of nitrogens with two attached hydrogens (primary N) is 1. The number of ether oxygens (including phenoxy) is 2. The van der Waals surface area contributed by atoms with Crippen LogP contribution in [0, 0.1) is 0 Å². The second-order valence-corrected chi connectivity index (χ2v) is 6.95. The number of fused-ring (bicyclic) bond motifs is 1. The third kappa shape index (κ3) is 3.23. The van der Waals surface area contributed by atoms with E-state index in [-0.39, 0.29) is 5.54 Å². The summed E-state index contributed by atoms with van der Waals surface area (Å²) in [4.78, 5) is 0. The van der Waals surface area contributed by atoms with Gasteiger partial charge >= 0.3 is 0 Å². The maximum atomic E-state index is 6.19. The van der Waals surface area contributed by atoms with Crippen LogP contribution in [0.1, 0.15) is 44.7 Å². The summed E-state index contributed by atoms with van der Waals surface area (Å²) in [5.41, 5.74) is 8.37. The Morgan fingerprint density at radius 1 is 1.32 bits per heavy atom. The van der Waals surface area contributed by atoms with E-state index < -0.39 is 0 Å². The first kappa shape index (κ1) is 14.7. The van der Waals surface area contributed by atoms with Crippen LogP contribution in [-0.4, -0.2) is 18.8 Å². The molecule has 0 aromatic heterocycles. The summed E-state index contributed by atoms with van der Waals surface area (Å²) in [5, 5.41) is 0. The average Bonchev–Trinajstić information content (AvgIpc) is 2.27. The molecule has 1 aliphatic heterocycles. The molecule has 1 heterocycles. The highest BCUT2D eigenvalue weighted by atomic mass is 79.9. The van der Waals surface area contributed by atoms with Crippen molar-refractivity contribution in [3.8, 4) is 11.5 Å². The Hall–Kier alpha value is -0.740. The molecule has 0 unspecified atom stereocenters. The molecule has 2 rings (SSSR count). The van der Waals surface area contributed by atoms with Gasteiger partial charge in [-0.3, -0.25) is 0 Å². The van der Waals surface area contributed by atoms with Gasteiger partial charge in [-0.05, 0) is 37.8 Å². The van der Waals surface area contributed by atoms with Crippen molar-refractivity contribution in [2.24, 2.45) is 5.73 Å². The van der Waals surface area contributed by atoms with Crippen LogP contribution in [0.25, 0.3) is 0 Å². The lowest BCUT2D eigenvalue weighted by atomic mass is 9.87. The Kier molecular flexibility index (Phi) is 4.11. The van der Waals surface area contributed by atoms with Crippen LogP contribution in [0.2, 0.25) is 0 Å². The van der Waals surface area contributed by atoms with Crippen molar-refractivity contribution in [3.63, 3.8) is 0 Å². The maximum absolute atomic E-state index is 6.19. The summed E-state index contributed by atoms with van der Waals surface area (Å²) in [7, 11) is 0. The molecule has 0 bridgehead atoms. The van der Waals surface area contributed by atoms with E-state index >= 15 is 0 Å². The van der Waals surface area contributed by atoms with Crippen LogP contribution in [0.3, 0.4) is 0 Å². The third-order valence-electron chi connectivity index (χ3n) is 3.14. The largest absolute Gasteiger partial charge is 0.486 e. The van der Waals surface area contributed by atoms with Crippen LogP contribution in [-0.2, 0) is 6.42 Å². The zero-order valence-corrected chi connectivity index (χ0v) is 13.6. The minimum Gasteiger partial charge on any atom is -0.486 e. The number of rotatable bonds is 3. The smallest absolute Gasteiger partial charge is 0.165 e. The molecule has 1 aromatic carbocycles.